The van der Waals surface area contributed by atoms with Gasteiger partial charge < -0.3 is 4.90 Å². The Kier molecular flexibility index (Phi) is 5.70. The number of nitro groups is 1. The lowest BCUT2D eigenvalue weighted by Gasteiger charge is -2.46. The first-order chi connectivity index (χ1) is 14.3. The number of amides is 2. The first kappa shape index (κ1) is 20.8. The van der Waals surface area contributed by atoms with Gasteiger partial charge in [-0.15, -0.1) is 6.42 Å². The van der Waals surface area contributed by atoms with E-state index in [0.717, 1.165) is 5.56 Å². The number of carbonyl (C=O) groups is 2. The van der Waals surface area contributed by atoms with Crippen molar-refractivity contribution in [1.82, 2.24) is 9.80 Å². The number of hydrogen-bond acceptors (Lipinski definition) is 4. The van der Waals surface area contributed by atoms with E-state index in [-0.39, 0.29) is 29.4 Å². The molecule has 3 rings (SSSR count). The van der Waals surface area contributed by atoms with Crippen LogP contribution in [0.3, 0.4) is 0 Å². The zero-order valence-corrected chi connectivity index (χ0v) is 16.7. The maximum absolute atomic E-state index is 13.5. The Labute approximate surface area is 174 Å². The molecule has 152 valence electrons. The molecule has 30 heavy (non-hydrogen) atoms. The number of rotatable bonds is 5. The second kappa shape index (κ2) is 8.21. The highest BCUT2D eigenvalue weighted by Gasteiger charge is 2.49. The quantitative estimate of drug-likeness (QED) is 0.333. The summed E-state index contributed by atoms with van der Waals surface area (Å²) >= 11 is 0. The van der Waals surface area contributed by atoms with E-state index in [1.165, 1.54) is 34.1 Å². The molecule has 0 aliphatic carbocycles. The normalized spacial score (nSPS) is 20.4. The summed E-state index contributed by atoms with van der Waals surface area (Å²) in [4.78, 5) is 40.2. The van der Waals surface area contributed by atoms with Crippen molar-refractivity contribution in [3.05, 3.63) is 81.5 Å². The topological polar surface area (TPSA) is 83.8 Å². The SMILES string of the molecule is C#CCN1C(=O)C(C)(Cc2ccccc2)N(C)C(=O)C1=Cc1ccccc1[N+](=O)[O-]. The number of para-hydroxylation sites is 1. The van der Waals surface area contributed by atoms with Crippen molar-refractivity contribution in [2.24, 2.45) is 0 Å². The number of carbonyl (C=O) groups excluding carboxylic acids is 2. The minimum absolute atomic E-state index is 0.0142. The summed E-state index contributed by atoms with van der Waals surface area (Å²) in [6, 6.07) is 15.4. The molecule has 1 heterocycles. The molecule has 7 nitrogen and oxygen atoms in total. The van der Waals surface area contributed by atoms with Crippen LogP contribution in [-0.4, -0.2) is 45.7 Å². The van der Waals surface area contributed by atoms with Gasteiger partial charge in [0.1, 0.15) is 11.2 Å². The molecule has 1 atom stereocenters. The highest BCUT2D eigenvalue weighted by atomic mass is 16.6. The van der Waals surface area contributed by atoms with Gasteiger partial charge in [0.25, 0.3) is 17.5 Å². The number of benzene rings is 2. The van der Waals surface area contributed by atoms with Crippen LogP contribution in [0.15, 0.2) is 60.3 Å². The smallest absolute Gasteiger partial charge is 0.276 e. The van der Waals surface area contributed by atoms with Crippen molar-refractivity contribution < 1.29 is 14.5 Å². The van der Waals surface area contributed by atoms with Gasteiger partial charge in [-0.1, -0.05) is 48.4 Å². The highest BCUT2D eigenvalue weighted by Crippen LogP contribution is 2.33. The summed E-state index contributed by atoms with van der Waals surface area (Å²) in [5.41, 5.74) is -0.165. The van der Waals surface area contributed by atoms with Crippen LogP contribution in [0.1, 0.15) is 18.1 Å². The fourth-order valence-electron chi connectivity index (χ4n) is 3.55. The standard InChI is InChI=1S/C23H21N3O4/c1-4-14-25-20(15-18-12-8-9-13-19(18)26(29)30)21(27)24(3)23(2,22(25)28)16-17-10-6-5-7-11-17/h1,5-13,15H,14,16H2,2-3H3. The van der Waals surface area contributed by atoms with Crippen LogP contribution in [0, 0.1) is 22.5 Å². The molecular weight excluding hydrogens is 382 g/mol. The minimum atomic E-state index is -1.14. The molecule has 2 amide bonds. The monoisotopic (exact) mass is 403 g/mol. The molecule has 0 aromatic heterocycles. The maximum atomic E-state index is 13.5. The van der Waals surface area contributed by atoms with Gasteiger partial charge in [0.15, 0.2) is 0 Å². The van der Waals surface area contributed by atoms with Crippen molar-refractivity contribution in [3.63, 3.8) is 0 Å². The van der Waals surface area contributed by atoms with E-state index < -0.39 is 16.4 Å². The lowest BCUT2D eigenvalue weighted by atomic mass is 9.86. The molecule has 1 fully saturated rings. The van der Waals surface area contributed by atoms with Crippen molar-refractivity contribution in [2.45, 2.75) is 18.9 Å². The second-order valence-corrected chi connectivity index (χ2v) is 7.24. The van der Waals surface area contributed by atoms with Crippen LogP contribution in [0.25, 0.3) is 6.08 Å². The first-order valence-electron chi connectivity index (χ1n) is 9.32. The van der Waals surface area contributed by atoms with Gasteiger partial charge in [-0.2, -0.15) is 0 Å². The van der Waals surface area contributed by atoms with Crippen molar-refractivity contribution in [1.29, 1.82) is 0 Å². The summed E-state index contributed by atoms with van der Waals surface area (Å²) in [7, 11) is 1.56. The molecule has 1 aliphatic rings. The summed E-state index contributed by atoms with van der Waals surface area (Å²) in [5.74, 6) is 1.65. The van der Waals surface area contributed by atoms with Crippen LogP contribution in [0.4, 0.5) is 5.69 Å². The largest absolute Gasteiger partial charge is 0.326 e. The van der Waals surface area contributed by atoms with E-state index >= 15 is 0 Å². The molecule has 0 bridgehead atoms. The van der Waals surface area contributed by atoms with E-state index in [1.807, 2.05) is 30.3 Å². The van der Waals surface area contributed by atoms with E-state index in [1.54, 1.807) is 20.0 Å². The molecule has 2 aromatic carbocycles. The van der Waals surface area contributed by atoms with Gasteiger partial charge in [-0.25, -0.2) is 0 Å². The lowest BCUT2D eigenvalue weighted by molar-refractivity contribution is -0.385. The molecule has 0 radical (unpaired) electrons. The zero-order valence-electron chi connectivity index (χ0n) is 16.7. The average Bonchev–Trinajstić information content (AvgIpc) is 2.74. The van der Waals surface area contributed by atoms with E-state index in [2.05, 4.69) is 5.92 Å². The van der Waals surface area contributed by atoms with Crippen LogP contribution >= 0.6 is 0 Å². The molecule has 7 heteroatoms. The molecule has 1 aliphatic heterocycles. The van der Waals surface area contributed by atoms with Crippen molar-refractivity contribution in [2.75, 3.05) is 13.6 Å². The fourth-order valence-corrected chi connectivity index (χ4v) is 3.55. The molecule has 1 unspecified atom stereocenters. The number of piperazine rings is 1. The van der Waals surface area contributed by atoms with Crippen LogP contribution in [0.2, 0.25) is 0 Å². The zero-order chi connectivity index (χ0) is 21.9. The molecule has 2 aromatic rings. The van der Waals surface area contributed by atoms with Gasteiger partial charge in [0.05, 0.1) is 17.0 Å². The summed E-state index contributed by atoms with van der Waals surface area (Å²) < 4.78 is 0. The summed E-state index contributed by atoms with van der Waals surface area (Å²) in [6.07, 6.45) is 7.14. The third kappa shape index (κ3) is 3.67. The van der Waals surface area contributed by atoms with Crippen molar-refractivity contribution >= 4 is 23.6 Å². The number of nitro benzene ring substituents is 1. The van der Waals surface area contributed by atoms with Gasteiger partial charge >= 0.3 is 0 Å². The number of nitrogens with zero attached hydrogens (tertiary/aromatic N) is 3. The van der Waals surface area contributed by atoms with Crippen LogP contribution < -0.4 is 0 Å². The predicted octanol–water partition coefficient (Wildman–Crippen LogP) is 2.87. The summed E-state index contributed by atoms with van der Waals surface area (Å²) in [5, 5.41) is 11.4. The van der Waals surface area contributed by atoms with Crippen molar-refractivity contribution in [3.8, 4) is 12.3 Å². The van der Waals surface area contributed by atoms with E-state index in [4.69, 9.17) is 6.42 Å². The molecule has 0 N–H and O–H groups in total. The third-order valence-electron chi connectivity index (χ3n) is 5.33. The minimum Gasteiger partial charge on any atom is -0.326 e. The van der Waals surface area contributed by atoms with Gasteiger partial charge in [0.2, 0.25) is 0 Å². The maximum Gasteiger partial charge on any atom is 0.276 e. The Morgan fingerprint density at radius 2 is 1.77 bits per heavy atom. The predicted molar refractivity (Wildman–Crippen MR) is 113 cm³/mol. The molecule has 0 spiro atoms. The summed E-state index contributed by atoms with van der Waals surface area (Å²) in [6.45, 7) is 1.58. The fraction of sp³-hybridized carbons (Fsp3) is 0.217. The Bertz CT molecular complexity index is 1070. The Morgan fingerprint density at radius 3 is 2.40 bits per heavy atom. The molecule has 0 saturated carbocycles. The second-order valence-electron chi connectivity index (χ2n) is 7.24. The number of hydrogen-bond donors (Lipinski definition) is 0. The van der Waals surface area contributed by atoms with Crippen LogP contribution in [0.5, 0.6) is 0 Å². The Morgan fingerprint density at radius 1 is 1.13 bits per heavy atom. The third-order valence-corrected chi connectivity index (χ3v) is 5.33. The molecular formula is C23H21N3O4. The molecule has 1 saturated heterocycles. The first-order valence-corrected chi connectivity index (χ1v) is 9.32. The van der Waals surface area contributed by atoms with E-state index in [9.17, 15) is 19.7 Å². The Balaban J connectivity index is 2.08. The van der Waals surface area contributed by atoms with Gasteiger partial charge in [-0.05, 0) is 24.6 Å². The number of terminal acetylenes is 1. The average molecular weight is 403 g/mol. The lowest BCUT2D eigenvalue weighted by Crippen LogP contribution is -2.65. The number of likely N-dealkylation sites (N-methyl/N-ethyl adjacent to an activating group) is 1. The van der Waals surface area contributed by atoms with Crippen LogP contribution in [-0.2, 0) is 16.0 Å². The Hall–Kier alpha value is -3.92. The van der Waals surface area contributed by atoms with E-state index in [0.29, 0.717) is 6.42 Å². The van der Waals surface area contributed by atoms with Gasteiger partial charge in [0, 0.05) is 19.5 Å². The highest BCUT2D eigenvalue weighted by molar-refractivity contribution is 6.09. The van der Waals surface area contributed by atoms with Gasteiger partial charge in [-0.3, -0.25) is 24.6 Å².